The van der Waals surface area contributed by atoms with Crippen LogP contribution in [0.2, 0.25) is 0 Å². The van der Waals surface area contributed by atoms with E-state index in [4.69, 9.17) is 0 Å². The minimum absolute atomic E-state index is 0.206. The quantitative estimate of drug-likeness (QED) is 0.776. The Bertz CT molecular complexity index is 357. The maximum absolute atomic E-state index is 9.29. The molecule has 0 saturated carbocycles. The number of hydrogen-bond donors (Lipinski definition) is 2. The summed E-state index contributed by atoms with van der Waals surface area (Å²) < 4.78 is 0. The average molecular weight is 247 g/mol. The van der Waals surface area contributed by atoms with Crippen LogP contribution in [-0.4, -0.2) is 24.3 Å². The van der Waals surface area contributed by atoms with Crippen molar-refractivity contribution >= 4 is 6.08 Å². The summed E-state index contributed by atoms with van der Waals surface area (Å²) in [7, 11) is 0. The van der Waals surface area contributed by atoms with Crippen LogP contribution in [0.15, 0.2) is 35.9 Å². The van der Waals surface area contributed by atoms with Crippen LogP contribution in [0.1, 0.15) is 32.8 Å². The molecule has 2 N–H and O–H groups in total. The van der Waals surface area contributed by atoms with Crippen molar-refractivity contribution in [1.29, 1.82) is 0 Å². The Hall–Kier alpha value is -1.12. The van der Waals surface area contributed by atoms with Gasteiger partial charge in [-0.05, 0) is 38.3 Å². The van der Waals surface area contributed by atoms with Gasteiger partial charge in [-0.1, -0.05) is 48.9 Å². The molecule has 1 aromatic rings. The molecule has 0 aliphatic carbocycles. The number of aliphatic hydroxyl groups excluding tert-OH is 1. The molecule has 0 bridgehead atoms. The van der Waals surface area contributed by atoms with Gasteiger partial charge in [0.1, 0.15) is 0 Å². The topological polar surface area (TPSA) is 32.3 Å². The van der Waals surface area contributed by atoms with Gasteiger partial charge in [-0.15, -0.1) is 0 Å². The highest BCUT2D eigenvalue weighted by Gasteiger charge is 2.05. The molecular weight excluding hydrogens is 222 g/mol. The van der Waals surface area contributed by atoms with Crippen molar-refractivity contribution in [2.45, 2.75) is 33.3 Å². The van der Waals surface area contributed by atoms with Crippen LogP contribution in [0.5, 0.6) is 0 Å². The molecular formula is C16H25NO. The Morgan fingerprint density at radius 2 is 1.94 bits per heavy atom. The molecule has 1 aromatic carbocycles. The Morgan fingerprint density at radius 3 is 2.56 bits per heavy atom. The van der Waals surface area contributed by atoms with Gasteiger partial charge in [0.05, 0.1) is 6.10 Å². The van der Waals surface area contributed by atoms with Gasteiger partial charge in [-0.25, -0.2) is 0 Å². The van der Waals surface area contributed by atoms with E-state index in [1.165, 1.54) is 11.1 Å². The summed E-state index contributed by atoms with van der Waals surface area (Å²) >= 11 is 0. The van der Waals surface area contributed by atoms with Crippen LogP contribution in [0.25, 0.3) is 6.08 Å². The lowest BCUT2D eigenvalue weighted by atomic mass is 10.0. The lowest BCUT2D eigenvalue weighted by molar-refractivity contribution is 0.163. The fourth-order valence-electron chi connectivity index (χ4n) is 2.07. The molecule has 1 rings (SSSR count). The van der Waals surface area contributed by atoms with E-state index in [0.29, 0.717) is 5.92 Å². The van der Waals surface area contributed by atoms with E-state index in [1.807, 2.05) is 13.0 Å². The number of nitrogens with one attached hydrogen (secondary N) is 1. The lowest BCUT2D eigenvalue weighted by Crippen LogP contribution is -2.24. The monoisotopic (exact) mass is 247 g/mol. The second-order valence-electron chi connectivity index (χ2n) is 5.22. The van der Waals surface area contributed by atoms with E-state index in [9.17, 15) is 5.11 Å². The molecule has 0 amide bonds. The highest BCUT2D eigenvalue weighted by molar-refractivity contribution is 5.52. The van der Waals surface area contributed by atoms with Gasteiger partial charge < -0.3 is 10.4 Å². The van der Waals surface area contributed by atoms with E-state index in [-0.39, 0.29) is 6.10 Å². The van der Waals surface area contributed by atoms with Gasteiger partial charge in [0.2, 0.25) is 0 Å². The Kier molecular flexibility index (Phi) is 6.69. The second-order valence-corrected chi connectivity index (χ2v) is 5.22. The summed E-state index contributed by atoms with van der Waals surface area (Å²) in [5.74, 6) is 0.509. The number of aliphatic hydroxyl groups is 1. The van der Waals surface area contributed by atoms with Crippen molar-refractivity contribution in [2.75, 3.05) is 13.1 Å². The summed E-state index contributed by atoms with van der Waals surface area (Å²) in [6.07, 6.45) is 2.85. The number of benzene rings is 1. The summed E-state index contributed by atoms with van der Waals surface area (Å²) in [6.45, 7) is 8.00. The maximum atomic E-state index is 9.29. The standard InChI is InChI=1S/C16H25NO/c1-13(9-15(3)18)11-17-12-14(2)10-16-7-5-4-6-8-16/h4-8,10,13,15,17-18H,9,11-12H2,1-3H3/b14-10+. The van der Waals surface area contributed by atoms with Gasteiger partial charge in [-0.2, -0.15) is 0 Å². The lowest BCUT2D eigenvalue weighted by Gasteiger charge is -2.14. The molecule has 100 valence electrons. The summed E-state index contributed by atoms with van der Waals surface area (Å²) in [6, 6.07) is 10.4. The SMILES string of the molecule is C/C(=C\c1ccccc1)CNCC(C)CC(C)O. The smallest absolute Gasteiger partial charge is 0.0515 e. The van der Waals surface area contributed by atoms with Crippen molar-refractivity contribution in [3.63, 3.8) is 0 Å². The molecule has 0 fully saturated rings. The van der Waals surface area contributed by atoms with Crippen molar-refractivity contribution < 1.29 is 5.11 Å². The summed E-state index contributed by atoms with van der Waals surface area (Å²) in [4.78, 5) is 0. The summed E-state index contributed by atoms with van der Waals surface area (Å²) in [5, 5.41) is 12.7. The molecule has 2 unspecified atom stereocenters. The van der Waals surface area contributed by atoms with Crippen LogP contribution in [-0.2, 0) is 0 Å². The van der Waals surface area contributed by atoms with Crippen LogP contribution in [0.3, 0.4) is 0 Å². The van der Waals surface area contributed by atoms with Gasteiger partial charge in [-0.3, -0.25) is 0 Å². The first-order valence-electron chi connectivity index (χ1n) is 6.69. The molecule has 0 spiro atoms. The first-order chi connectivity index (χ1) is 8.58. The molecule has 18 heavy (non-hydrogen) atoms. The van der Waals surface area contributed by atoms with Crippen LogP contribution in [0.4, 0.5) is 0 Å². The Labute approximate surface area is 111 Å². The molecule has 0 aromatic heterocycles. The Balaban J connectivity index is 2.29. The van der Waals surface area contributed by atoms with Crippen molar-refractivity contribution in [2.24, 2.45) is 5.92 Å². The maximum Gasteiger partial charge on any atom is 0.0515 e. The zero-order chi connectivity index (χ0) is 13.4. The zero-order valence-corrected chi connectivity index (χ0v) is 11.7. The third kappa shape index (κ3) is 6.58. The van der Waals surface area contributed by atoms with Gasteiger partial charge in [0.15, 0.2) is 0 Å². The van der Waals surface area contributed by atoms with Crippen LogP contribution >= 0.6 is 0 Å². The van der Waals surface area contributed by atoms with Gasteiger partial charge in [0, 0.05) is 6.54 Å². The van der Waals surface area contributed by atoms with E-state index >= 15 is 0 Å². The molecule has 0 aliphatic heterocycles. The summed E-state index contributed by atoms with van der Waals surface area (Å²) in [5.41, 5.74) is 2.57. The van der Waals surface area contributed by atoms with E-state index in [1.54, 1.807) is 0 Å². The van der Waals surface area contributed by atoms with Crippen molar-refractivity contribution in [3.05, 3.63) is 41.5 Å². The van der Waals surface area contributed by atoms with Crippen LogP contribution in [0, 0.1) is 5.92 Å². The largest absolute Gasteiger partial charge is 0.393 e. The van der Waals surface area contributed by atoms with Crippen LogP contribution < -0.4 is 5.32 Å². The minimum Gasteiger partial charge on any atom is -0.393 e. The first-order valence-corrected chi connectivity index (χ1v) is 6.69. The number of hydrogen-bond acceptors (Lipinski definition) is 2. The zero-order valence-electron chi connectivity index (χ0n) is 11.7. The first kappa shape index (κ1) is 14.9. The number of rotatable bonds is 7. The predicted molar refractivity (Wildman–Crippen MR) is 78.4 cm³/mol. The second kappa shape index (κ2) is 8.06. The van der Waals surface area contributed by atoms with E-state index in [2.05, 4.69) is 49.5 Å². The van der Waals surface area contributed by atoms with Gasteiger partial charge in [0.25, 0.3) is 0 Å². The fourth-order valence-corrected chi connectivity index (χ4v) is 2.07. The normalized spacial score (nSPS) is 15.4. The minimum atomic E-state index is -0.206. The fraction of sp³-hybridized carbons (Fsp3) is 0.500. The van der Waals surface area contributed by atoms with Gasteiger partial charge >= 0.3 is 0 Å². The van der Waals surface area contributed by atoms with E-state index < -0.39 is 0 Å². The molecule has 0 radical (unpaired) electrons. The van der Waals surface area contributed by atoms with Crippen molar-refractivity contribution in [1.82, 2.24) is 5.32 Å². The average Bonchev–Trinajstić information content (AvgIpc) is 2.29. The third-order valence-electron chi connectivity index (χ3n) is 2.85. The van der Waals surface area contributed by atoms with Crippen molar-refractivity contribution in [3.8, 4) is 0 Å². The molecule has 0 saturated heterocycles. The highest BCUT2D eigenvalue weighted by atomic mass is 16.3. The molecule has 2 heteroatoms. The third-order valence-corrected chi connectivity index (χ3v) is 2.85. The molecule has 2 nitrogen and oxygen atoms in total. The molecule has 2 atom stereocenters. The molecule has 0 aliphatic rings. The van der Waals surface area contributed by atoms with E-state index in [0.717, 1.165) is 19.5 Å². The Morgan fingerprint density at radius 1 is 1.28 bits per heavy atom. The highest BCUT2D eigenvalue weighted by Crippen LogP contribution is 2.06. The molecule has 0 heterocycles. The predicted octanol–water partition coefficient (Wildman–Crippen LogP) is 3.09.